The smallest absolute Gasteiger partial charge is 0.228 e. The van der Waals surface area contributed by atoms with Gasteiger partial charge in [-0.05, 0) is 60.2 Å². The van der Waals surface area contributed by atoms with Crippen LogP contribution < -0.4 is 5.32 Å². The largest absolute Gasteiger partial charge is 0.325 e. The van der Waals surface area contributed by atoms with E-state index >= 15 is 0 Å². The first-order valence-electron chi connectivity index (χ1n) is 7.49. The van der Waals surface area contributed by atoms with E-state index in [1.54, 1.807) is 0 Å². The maximum atomic E-state index is 11.5. The van der Waals surface area contributed by atoms with Crippen LogP contribution in [0.1, 0.15) is 43.4 Å². The number of carbonyl (C=O) groups is 1. The maximum Gasteiger partial charge on any atom is 0.228 e. The second-order valence-corrected chi connectivity index (χ2v) is 5.60. The summed E-state index contributed by atoms with van der Waals surface area (Å²) < 4.78 is 0. The molecule has 1 aromatic rings. The summed E-state index contributed by atoms with van der Waals surface area (Å²) in [4.78, 5) is 11.5. The van der Waals surface area contributed by atoms with Gasteiger partial charge in [-0.25, -0.2) is 0 Å². The van der Waals surface area contributed by atoms with E-state index in [4.69, 9.17) is 0 Å². The number of fused-ring (bicyclic) bond motifs is 1. The molecule has 2 rings (SSSR count). The summed E-state index contributed by atoms with van der Waals surface area (Å²) in [6, 6.07) is 4.18. The number of carbonyl (C=O) groups excluding carboxylic acids is 1. The van der Waals surface area contributed by atoms with Gasteiger partial charge in [-0.3, -0.25) is 4.79 Å². The predicted octanol–water partition coefficient (Wildman–Crippen LogP) is 4.81. The number of hydrogen-bond donors (Lipinski definition) is 1. The number of anilines is 1. The van der Waals surface area contributed by atoms with Gasteiger partial charge in [0.2, 0.25) is 5.91 Å². The van der Waals surface area contributed by atoms with Crippen LogP contribution in [0.5, 0.6) is 0 Å². The maximum absolute atomic E-state index is 11.5. The third-order valence-corrected chi connectivity index (χ3v) is 3.79. The molecule has 0 fully saturated rings. The number of hydrogen-bond acceptors (Lipinski definition) is 1. The van der Waals surface area contributed by atoms with Crippen molar-refractivity contribution in [3.8, 4) is 0 Å². The van der Waals surface area contributed by atoms with Crippen LogP contribution in [0, 0.1) is 6.92 Å². The highest BCUT2D eigenvalue weighted by Crippen LogP contribution is 2.32. The Labute approximate surface area is 127 Å². The van der Waals surface area contributed by atoms with Crippen LogP contribution in [0.15, 0.2) is 42.5 Å². The van der Waals surface area contributed by atoms with Crippen LogP contribution in [-0.2, 0) is 11.2 Å². The summed E-state index contributed by atoms with van der Waals surface area (Å²) in [5, 5.41) is 2.91. The minimum atomic E-state index is 0.0747. The third kappa shape index (κ3) is 3.52. The fourth-order valence-electron chi connectivity index (χ4n) is 2.51. The molecule has 0 bridgehead atoms. The Morgan fingerprint density at radius 1 is 1.43 bits per heavy atom. The number of allylic oxidation sites excluding steroid dienone is 5. The van der Waals surface area contributed by atoms with Crippen molar-refractivity contribution in [2.75, 3.05) is 5.32 Å². The number of nitrogens with one attached hydrogen (secondary N) is 1. The van der Waals surface area contributed by atoms with Gasteiger partial charge in [0.25, 0.3) is 0 Å². The second kappa shape index (κ2) is 6.57. The van der Waals surface area contributed by atoms with Crippen LogP contribution >= 0.6 is 0 Å². The van der Waals surface area contributed by atoms with Gasteiger partial charge in [0.1, 0.15) is 0 Å². The fourth-order valence-corrected chi connectivity index (χ4v) is 2.51. The molecule has 110 valence electrons. The summed E-state index contributed by atoms with van der Waals surface area (Å²) in [6.07, 6.45) is 9.10. The van der Waals surface area contributed by atoms with E-state index in [1.807, 2.05) is 6.92 Å². The monoisotopic (exact) mass is 281 g/mol. The van der Waals surface area contributed by atoms with Gasteiger partial charge in [0.15, 0.2) is 0 Å². The molecule has 1 N–H and O–H groups in total. The number of unbranched alkanes of at least 4 members (excludes halogenated alkanes) is 1. The standard InChI is InChI=1S/C19H23NO/c1-5-6-7-8-9-13(2)15(4)16-10-14(3)19-17(11-16)12-18(21)20-19/h7-11H,4-6,12H2,1-3H3,(H,20,21)/b8-7-,13-9-. The Kier molecular flexibility index (Phi) is 4.79. The quantitative estimate of drug-likeness (QED) is 0.771. The number of aryl methyl sites for hydroxylation is 1. The highest BCUT2D eigenvalue weighted by molar-refractivity contribution is 6.00. The van der Waals surface area contributed by atoms with E-state index in [-0.39, 0.29) is 5.91 Å². The molecule has 0 atom stereocenters. The third-order valence-electron chi connectivity index (χ3n) is 3.79. The lowest BCUT2D eigenvalue weighted by atomic mass is 9.95. The van der Waals surface area contributed by atoms with Gasteiger partial charge >= 0.3 is 0 Å². The molecule has 1 aromatic carbocycles. The molecule has 1 amide bonds. The Hall–Kier alpha value is -2.09. The lowest BCUT2D eigenvalue weighted by Gasteiger charge is -2.11. The van der Waals surface area contributed by atoms with E-state index < -0.39 is 0 Å². The second-order valence-electron chi connectivity index (χ2n) is 5.60. The first-order chi connectivity index (χ1) is 10.0. The van der Waals surface area contributed by atoms with Gasteiger partial charge < -0.3 is 5.32 Å². The molecule has 0 radical (unpaired) electrons. The summed E-state index contributed by atoms with van der Waals surface area (Å²) in [5.41, 5.74) is 6.41. The summed E-state index contributed by atoms with van der Waals surface area (Å²) >= 11 is 0. The average Bonchev–Trinajstić information content (AvgIpc) is 2.83. The van der Waals surface area contributed by atoms with Crippen molar-refractivity contribution in [3.63, 3.8) is 0 Å². The molecule has 0 unspecified atom stereocenters. The van der Waals surface area contributed by atoms with Crippen molar-refractivity contribution in [1.29, 1.82) is 0 Å². The molecular weight excluding hydrogens is 258 g/mol. The zero-order valence-electron chi connectivity index (χ0n) is 13.1. The first kappa shape index (κ1) is 15.3. The van der Waals surface area contributed by atoms with Crippen molar-refractivity contribution in [2.45, 2.75) is 40.0 Å². The molecule has 2 heteroatoms. The predicted molar refractivity (Wildman–Crippen MR) is 90.4 cm³/mol. The van der Waals surface area contributed by atoms with Crippen molar-refractivity contribution in [2.24, 2.45) is 0 Å². The van der Waals surface area contributed by atoms with E-state index in [2.05, 4.69) is 56.1 Å². The average molecular weight is 281 g/mol. The fraction of sp³-hybridized carbons (Fsp3) is 0.316. The molecule has 0 aliphatic carbocycles. The van der Waals surface area contributed by atoms with Crippen LogP contribution in [0.3, 0.4) is 0 Å². The zero-order valence-corrected chi connectivity index (χ0v) is 13.1. The van der Waals surface area contributed by atoms with Crippen molar-refractivity contribution < 1.29 is 4.79 Å². The van der Waals surface area contributed by atoms with Gasteiger partial charge in [-0.2, -0.15) is 0 Å². The molecular formula is C19H23NO. The Balaban J connectivity index is 2.23. The molecule has 0 saturated carbocycles. The van der Waals surface area contributed by atoms with Crippen molar-refractivity contribution in [1.82, 2.24) is 0 Å². The molecule has 2 nitrogen and oxygen atoms in total. The SMILES string of the molecule is C=C(/C(C)=C\C=C/CCC)c1cc(C)c2c(c1)CC(=O)N2. The first-order valence-corrected chi connectivity index (χ1v) is 7.49. The molecule has 1 aliphatic heterocycles. The Bertz CT molecular complexity index is 635. The van der Waals surface area contributed by atoms with E-state index in [0.29, 0.717) is 6.42 Å². The van der Waals surface area contributed by atoms with Crippen molar-refractivity contribution in [3.05, 3.63) is 59.2 Å². The minimum Gasteiger partial charge on any atom is -0.325 e. The molecule has 1 aliphatic rings. The van der Waals surface area contributed by atoms with Crippen molar-refractivity contribution >= 4 is 17.2 Å². The minimum absolute atomic E-state index is 0.0747. The normalized spacial score (nSPS) is 14.4. The lowest BCUT2D eigenvalue weighted by molar-refractivity contribution is -0.115. The van der Waals surface area contributed by atoms with E-state index in [0.717, 1.165) is 46.4 Å². The van der Waals surface area contributed by atoms with Gasteiger partial charge in [0, 0.05) is 5.69 Å². The molecule has 21 heavy (non-hydrogen) atoms. The van der Waals surface area contributed by atoms with Crippen LogP contribution in [-0.4, -0.2) is 5.91 Å². The Morgan fingerprint density at radius 2 is 2.19 bits per heavy atom. The zero-order chi connectivity index (χ0) is 15.4. The molecule has 0 spiro atoms. The number of rotatable bonds is 5. The molecule has 0 aromatic heterocycles. The summed E-state index contributed by atoms with van der Waals surface area (Å²) in [5.74, 6) is 0.0747. The van der Waals surface area contributed by atoms with Crippen LogP contribution in [0.2, 0.25) is 0 Å². The van der Waals surface area contributed by atoms with E-state index in [9.17, 15) is 4.79 Å². The van der Waals surface area contributed by atoms with Crippen LogP contribution in [0.4, 0.5) is 5.69 Å². The highest BCUT2D eigenvalue weighted by Gasteiger charge is 2.20. The molecule has 0 saturated heterocycles. The summed E-state index contributed by atoms with van der Waals surface area (Å²) in [6.45, 7) is 10.5. The molecule has 1 heterocycles. The topological polar surface area (TPSA) is 29.1 Å². The number of amides is 1. The van der Waals surface area contributed by atoms with Crippen LogP contribution in [0.25, 0.3) is 5.57 Å². The highest BCUT2D eigenvalue weighted by atomic mass is 16.1. The van der Waals surface area contributed by atoms with Gasteiger partial charge in [-0.15, -0.1) is 0 Å². The van der Waals surface area contributed by atoms with E-state index in [1.165, 1.54) is 0 Å². The lowest BCUT2D eigenvalue weighted by Crippen LogP contribution is -2.04. The van der Waals surface area contributed by atoms with Gasteiger partial charge in [-0.1, -0.05) is 38.2 Å². The summed E-state index contributed by atoms with van der Waals surface area (Å²) in [7, 11) is 0. The Morgan fingerprint density at radius 3 is 2.90 bits per heavy atom. The number of benzene rings is 1. The van der Waals surface area contributed by atoms with Gasteiger partial charge in [0.05, 0.1) is 6.42 Å².